The molecule has 0 aromatic rings. The van der Waals surface area contributed by atoms with Crippen LogP contribution in [0.5, 0.6) is 0 Å². The SMILES string of the molecule is CN[C@@H](C(C)C)[C@H]1CCCNC1. The predicted molar refractivity (Wildman–Crippen MR) is 53.3 cm³/mol. The molecular weight excluding hydrogens is 148 g/mol. The van der Waals surface area contributed by atoms with Gasteiger partial charge in [-0.3, -0.25) is 0 Å². The Kier molecular flexibility index (Phi) is 4.02. The number of piperidine rings is 1. The Bertz CT molecular complexity index is 117. The third-order valence-corrected chi connectivity index (χ3v) is 2.89. The third-order valence-electron chi connectivity index (χ3n) is 2.89. The van der Waals surface area contributed by atoms with Crippen LogP contribution in [0, 0.1) is 11.8 Å². The van der Waals surface area contributed by atoms with Gasteiger partial charge in [0, 0.05) is 6.04 Å². The van der Waals surface area contributed by atoms with Gasteiger partial charge in [0.25, 0.3) is 0 Å². The Morgan fingerprint density at radius 2 is 2.17 bits per heavy atom. The van der Waals surface area contributed by atoms with Crippen LogP contribution in [0.2, 0.25) is 0 Å². The quantitative estimate of drug-likeness (QED) is 0.665. The zero-order chi connectivity index (χ0) is 8.97. The van der Waals surface area contributed by atoms with Crippen LogP contribution in [0.25, 0.3) is 0 Å². The second kappa shape index (κ2) is 4.83. The van der Waals surface area contributed by atoms with Crippen LogP contribution in [-0.4, -0.2) is 26.2 Å². The van der Waals surface area contributed by atoms with Gasteiger partial charge in [-0.15, -0.1) is 0 Å². The van der Waals surface area contributed by atoms with Gasteiger partial charge in [0.2, 0.25) is 0 Å². The van der Waals surface area contributed by atoms with E-state index in [0.29, 0.717) is 6.04 Å². The van der Waals surface area contributed by atoms with E-state index >= 15 is 0 Å². The van der Waals surface area contributed by atoms with Crippen molar-refractivity contribution in [1.29, 1.82) is 0 Å². The van der Waals surface area contributed by atoms with Crippen molar-refractivity contribution in [1.82, 2.24) is 10.6 Å². The van der Waals surface area contributed by atoms with Gasteiger partial charge >= 0.3 is 0 Å². The summed E-state index contributed by atoms with van der Waals surface area (Å²) >= 11 is 0. The van der Waals surface area contributed by atoms with Crippen molar-refractivity contribution >= 4 is 0 Å². The molecule has 2 N–H and O–H groups in total. The summed E-state index contributed by atoms with van der Waals surface area (Å²) in [5.41, 5.74) is 0. The van der Waals surface area contributed by atoms with E-state index in [9.17, 15) is 0 Å². The fourth-order valence-electron chi connectivity index (χ4n) is 2.30. The van der Waals surface area contributed by atoms with Gasteiger partial charge in [-0.2, -0.15) is 0 Å². The molecule has 1 saturated heterocycles. The molecule has 0 amide bonds. The van der Waals surface area contributed by atoms with Gasteiger partial charge in [-0.05, 0) is 44.8 Å². The lowest BCUT2D eigenvalue weighted by Crippen LogP contribution is -2.45. The third kappa shape index (κ3) is 2.46. The average Bonchev–Trinajstić information content (AvgIpc) is 2.07. The normalized spacial score (nSPS) is 27.5. The molecule has 0 unspecified atom stereocenters. The molecule has 0 aromatic heterocycles. The summed E-state index contributed by atoms with van der Waals surface area (Å²) < 4.78 is 0. The Morgan fingerprint density at radius 3 is 2.58 bits per heavy atom. The molecule has 0 bridgehead atoms. The number of hydrogen-bond acceptors (Lipinski definition) is 2. The molecule has 1 heterocycles. The molecule has 2 heteroatoms. The highest BCUT2D eigenvalue weighted by Gasteiger charge is 2.24. The van der Waals surface area contributed by atoms with Crippen molar-refractivity contribution in [2.24, 2.45) is 11.8 Å². The summed E-state index contributed by atoms with van der Waals surface area (Å²) in [6, 6.07) is 0.692. The van der Waals surface area contributed by atoms with Gasteiger partial charge in [0.05, 0.1) is 0 Å². The summed E-state index contributed by atoms with van der Waals surface area (Å²) in [6.07, 6.45) is 2.73. The zero-order valence-corrected chi connectivity index (χ0v) is 8.56. The van der Waals surface area contributed by atoms with Crippen LogP contribution in [0.3, 0.4) is 0 Å². The fourth-order valence-corrected chi connectivity index (χ4v) is 2.30. The molecular formula is C10H22N2. The molecule has 2 nitrogen and oxygen atoms in total. The number of nitrogens with one attached hydrogen (secondary N) is 2. The molecule has 72 valence electrons. The molecule has 0 saturated carbocycles. The smallest absolute Gasteiger partial charge is 0.0127 e. The minimum Gasteiger partial charge on any atom is -0.316 e. The molecule has 1 aliphatic rings. The van der Waals surface area contributed by atoms with Crippen molar-refractivity contribution in [3.8, 4) is 0 Å². The maximum atomic E-state index is 3.46. The van der Waals surface area contributed by atoms with Crippen molar-refractivity contribution < 1.29 is 0 Å². The maximum Gasteiger partial charge on any atom is 0.0127 e. The second-order valence-electron chi connectivity index (χ2n) is 4.16. The van der Waals surface area contributed by atoms with Crippen LogP contribution in [-0.2, 0) is 0 Å². The Hall–Kier alpha value is -0.0800. The first-order valence-electron chi connectivity index (χ1n) is 5.13. The van der Waals surface area contributed by atoms with E-state index in [1.165, 1.54) is 25.9 Å². The van der Waals surface area contributed by atoms with E-state index in [2.05, 4.69) is 31.5 Å². The van der Waals surface area contributed by atoms with Gasteiger partial charge in [0.15, 0.2) is 0 Å². The molecule has 1 rings (SSSR count). The highest BCUT2D eigenvalue weighted by Crippen LogP contribution is 2.19. The highest BCUT2D eigenvalue weighted by molar-refractivity contribution is 4.82. The van der Waals surface area contributed by atoms with Crippen LogP contribution < -0.4 is 10.6 Å². The first kappa shape index (κ1) is 10.0. The maximum absolute atomic E-state index is 3.46. The standard InChI is InChI=1S/C10H22N2/c1-8(2)10(11-3)9-5-4-6-12-7-9/h8-12H,4-7H2,1-3H3/t9-,10-/m0/s1. The van der Waals surface area contributed by atoms with Gasteiger partial charge < -0.3 is 10.6 Å². The molecule has 0 radical (unpaired) electrons. The first-order valence-corrected chi connectivity index (χ1v) is 5.13. The van der Waals surface area contributed by atoms with Crippen LogP contribution in [0.1, 0.15) is 26.7 Å². The molecule has 12 heavy (non-hydrogen) atoms. The van der Waals surface area contributed by atoms with Gasteiger partial charge in [0.1, 0.15) is 0 Å². The van der Waals surface area contributed by atoms with Crippen molar-refractivity contribution in [3.63, 3.8) is 0 Å². The summed E-state index contributed by atoms with van der Waals surface area (Å²) in [5.74, 6) is 1.59. The van der Waals surface area contributed by atoms with Crippen LogP contribution >= 0.6 is 0 Å². The molecule has 0 aliphatic carbocycles. The fraction of sp³-hybridized carbons (Fsp3) is 1.00. The average molecular weight is 170 g/mol. The highest BCUT2D eigenvalue weighted by atomic mass is 14.9. The lowest BCUT2D eigenvalue weighted by Gasteiger charge is -2.33. The Balaban J connectivity index is 2.40. The minimum atomic E-state index is 0.692. The molecule has 0 spiro atoms. The van der Waals surface area contributed by atoms with Crippen LogP contribution in [0.4, 0.5) is 0 Å². The molecule has 0 aromatic carbocycles. The van der Waals surface area contributed by atoms with Crippen LogP contribution in [0.15, 0.2) is 0 Å². The van der Waals surface area contributed by atoms with E-state index in [-0.39, 0.29) is 0 Å². The van der Waals surface area contributed by atoms with E-state index in [0.717, 1.165) is 11.8 Å². The van der Waals surface area contributed by atoms with E-state index < -0.39 is 0 Å². The molecule has 1 aliphatic heterocycles. The Morgan fingerprint density at radius 1 is 1.42 bits per heavy atom. The van der Waals surface area contributed by atoms with Crippen molar-refractivity contribution in [2.45, 2.75) is 32.7 Å². The van der Waals surface area contributed by atoms with Gasteiger partial charge in [-0.1, -0.05) is 13.8 Å². The van der Waals surface area contributed by atoms with Gasteiger partial charge in [-0.25, -0.2) is 0 Å². The lowest BCUT2D eigenvalue weighted by atomic mass is 9.85. The predicted octanol–water partition coefficient (Wildman–Crippen LogP) is 1.23. The van der Waals surface area contributed by atoms with Crippen molar-refractivity contribution in [2.75, 3.05) is 20.1 Å². The first-order chi connectivity index (χ1) is 5.75. The lowest BCUT2D eigenvalue weighted by molar-refractivity contribution is 0.246. The van der Waals surface area contributed by atoms with Crippen molar-refractivity contribution in [3.05, 3.63) is 0 Å². The molecule has 2 atom stereocenters. The monoisotopic (exact) mass is 170 g/mol. The summed E-state index contributed by atoms with van der Waals surface area (Å²) in [5, 5.41) is 6.90. The summed E-state index contributed by atoms with van der Waals surface area (Å²) in [7, 11) is 2.08. The zero-order valence-electron chi connectivity index (χ0n) is 8.56. The second-order valence-corrected chi connectivity index (χ2v) is 4.16. The van der Waals surface area contributed by atoms with E-state index in [1.54, 1.807) is 0 Å². The summed E-state index contributed by atoms with van der Waals surface area (Å²) in [4.78, 5) is 0. The minimum absolute atomic E-state index is 0.692. The Labute approximate surface area is 76.1 Å². The largest absolute Gasteiger partial charge is 0.316 e. The number of hydrogen-bond donors (Lipinski definition) is 2. The summed E-state index contributed by atoms with van der Waals surface area (Å²) in [6.45, 7) is 7.01. The van der Waals surface area contributed by atoms with E-state index in [1.807, 2.05) is 0 Å². The molecule has 1 fully saturated rings. The topological polar surface area (TPSA) is 24.1 Å². The van der Waals surface area contributed by atoms with E-state index in [4.69, 9.17) is 0 Å². The number of rotatable bonds is 3.